The molecule has 5 heteroatoms. The van der Waals surface area contributed by atoms with Crippen LogP contribution in [-0.2, 0) is 0 Å². The van der Waals surface area contributed by atoms with Crippen molar-refractivity contribution in [2.45, 2.75) is 63.6 Å². The molecule has 0 spiro atoms. The minimum absolute atomic E-state index is 0.157. The van der Waals surface area contributed by atoms with Gasteiger partial charge in [-0.25, -0.2) is 0 Å². The molecular weight excluding hydrogens is 375 g/mol. The number of alkyl halides is 3. The molecule has 2 fully saturated rings. The van der Waals surface area contributed by atoms with E-state index in [-0.39, 0.29) is 5.75 Å². The average Bonchev–Trinajstić information content (AvgIpc) is 2.71. The third-order valence-corrected chi connectivity index (χ3v) is 6.27. The third kappa shape index (κ3) is 6.96. The van der Waals surface area contributed by atoms with Crippen LogP contribution < -0.4 is 4.74 Å². The zero-order valence-electron chi connectivity index (χ0n) is 16.6. The van der Waals surface area contributed by atoms with Gasteiger partial charge in [-0.2, -0.15) is 5.26 Å². The highest BCUT2D eigenvalue weighted by molar-refractivity contribution is 5.30. The highest BCUT2D eigenvalue weighted by atomic mass is 19.4. The van der Waals surface area contributed by atoms with Gasteiger partial charge in [-0.15, -0.1) is 13.2 Å². The first-order chi connectivity index (χ1) is 13.9. The van der Waals surface area contributed by atoms with Crippen LogP contribution >= 0.6 is 0 Å². The number of nitrogens with zero attached hydrogens (tertiary/aromatic N) is 1. The zero-order chi connectivity index (χ0) is 20.7. The number of halogens is 3. The first kappa shape index (κ1) is 21.5. The maximum Gasteiger partial charge on any atom is 0.573 e. The minimum Gasteiger partial charge on any atom is -0.406 e. The predicted molar refractivity (Wildman–Crippen MR) is 107 cm³/mol. The molecule has 0 aliphatic heterocycles. The Bertz CT molecular complexity index is 729. The molecule has 0 atom stereocenters. The van der Waals surface area contributed by atoms with Gasteiger partial charge in [-0.1, -0.05) is 30.4 Å². The van der Waals surface area contributed by atoms with E-state index < -0.39 is 6.36 Å². The van der Waals surface area contributed by atoms with E-state index in [9.17, 15) is 13.2 Å². The Labute approximate surface area is 171 Å². The molecule has 2 saturated carbocycles. The van der Waals surface area contributed by atoms with Gasteiger partial charge in [-0.3, -0.25) is 0 Å². The monoisotopic (exact) mass is 403 g/mol. The van der Waals surface area contributed by atoms with Gasteiger partial charge in [0.15, 0.2) is 0 Å². The molecule has 1 aromatic carbocycles. The lowest BCUT2D eigenvalue weighted by Crippen LogP contribution is -2.17. The number of hydrogen-bond acceptors (Lipinski definition) is 2. The highest BCUT2D eigenvalue weighted by Crippen LogP contribution is 2.38. The lowest BCUT2D eigenvalue weighted by atomic mass is 9.77. The molecule has 0 heterocycles. The Hall–Kier alpha value is -2.22. The normalized spacial score (nSPS) is 28.5. The first-order valence-corrected chi connectivity index (χ1v) is 10.5. The summed E-state index contributed by atoms with van der Waals surface area (Å²) in [6.45, 7) is 0. The van der Waals surface area contributed by atoms with E-state index in [2.05, 4.69) is 23.0 Å². The summed E-state index contributed by atoms with van der Waals surface area (Å²) < 4.78 is 40.8. The Morgan fingerprint density at radius 1 is 0.793 bits per heavy atom. The average molecular weight is 403 g/mol. The fourth-order valence-electron chi connectivity index (χ4n) is 4.61. The number of ether oxygens (including phenoxy) is 1. The SMILES string of the molecule is N#CC=C[C@H]1CC[C@H](/C=C/[C@H]2CC[C@H](c3ccc(OC(F)(F)F)cc3)CC2)CC1. The van der Waals surface area contributed by atoms with E-state index in [0.29, 0.717) is 23.7 Å². The van der Waals surface area contributed by atoms with Crippen molar-refractivity contribution in [3.05, 3.63) is 54.1 Å². The summed E-state index contributed by atoms with van der Waals surface area (Å²) in [6.07, 6.45) is 12.9. The van der Waals surface area contributed by atoms with Crippen molar-refractivity contribution in [3.8, 4) is 11.8 Å². The molecule has 2 aliphatic rings. The second-order valence-electron chi connectivity index (χ2n) is 8.28. The van der Waals surface area contributed by atoms with Gasteiger partial charge in [0.05, 0.1) is 6.07 Å². The van der Waals surface area contributed by atoms with Crippen molar-refractivity contribution in [2.24, 2.45) is 17.8 Å². The quantitative estimate of drug-likeness (QED) is 0.382. The molecule has 0 N–H and O–H groups in total. The number of nitriles is 1. The van der Waals surface area contributed by atoms with Crippen LogP contribution in [-0.4, -0.2) is 6.36 Å². The van der Waals surface area contributed by atoms with Gasteiger partial charge in [0.2, 0.25) is 0 Å². The molecule has 0 unspecified atom stereocenters. The molecule has 1 aromatic rings. The Morgan fingerprint density at radius 2 is 1.28 bits per heavy atom. The maximum absolute atomic E-state index is 12.3. The van der Waals surface area contributed by atoms with E-state index in [1.165, 1.54) is 25.0 Å². The smallest absolute Gasteiger partial charge is 0.406 e. The van der Waals surface area contributed by atoms with Gasteiger partial charge in [-0.05, 0) is 92.7 Å². The molecule has 0 bridgehead atoms. The van der Waals surface area contributed by atoms with E-state index in [0.717, 1.165) is 44.1 Å². The summed E-state index contributed by atoms with van der Waals surface area (Å²) in [7, 11) is 0. The first-order valence-electron chi connectivity index (χ1n) is 10.5. The van der Waals surface area contributed by atoms with E-state index >= 15 is 0 Å². The molecule has 3 rings (SSSR count). The number of allylic oxidation sites excluding steroid dienone is 4. The molecule has 0 aromatic heterocycles. The fraction of sp³-hybridized carbons (Fsp3) is 0.542. The number of hydrogen-bond donors (Lipinski definition) is 0. The second kappa shape index (κ2) is 10.0. The largest absolute Gasteiger partial charge is 0.573 e. The molecule has 2 nitrogen and oxygen atoms in total. The van der Waals surface area contributed by atoms with Crippen LogP contribution in [0.15, 0.2) is 48.6 Å². The summed E-state index contributed by atoms with van der Waals surface area (Å²) in [5, 5.41) is 8.63. The van der Waals surface area contributed by atoms with Crippen molar-refractivity contribution in [1.82, 2.24) is 0 Å². The summed E-state index contributed by atoms with van der Waals surface area (Å²) >= 11 is 0. The topological polar surface area (TPSA) is 33.0 Å². The van der Waals surface area contributed by atoms with Gasteiger partial charge in [0.25, 0.3) is 0 Å². The summed E-state index contributed by atoms with van der Waals surface area (Å²) in [6, 6.07) is 8.43. The summed E-state index contributed by atoms with van der Waals surface area (Å²) in [5.74, 6) is 2.08. The van der Waals surface area contributed by atoms with Crippen LogP contribution in [0.1, 0.15) is 62.8 Å². The van der Waals surface area contributed by atoms with Gasteiger partial charge in [0, 0.05) is 6.08 Å². The summed E-state index contributed by atoms with van der Waals surface area (Å²) in [4.78, 5) is 0. The van der Waals surface area contributed by atoms with Crippen LogP contribution in [0.5, 0.6) is 5.75 Å². The van der Waals surface area contributed by atoms with E-state index in [4.69, 9.17) is 5.26 Å². The van der Waals surface area contributed by atoms with Crippen molar-refractivity contribution in [3.63, 3.8) is 0 Å². The highest BCUT2D eigenvalue weighted by Gasteiger charge is 2.31. The Kier molecular flexibility index (Phi) is 7.41. The minimum atomic E-state index is -4.64. The van der Waals surface area contributed by atoms with Gasteiger partial charge in [0.1, 0.15) is 5.75 Å². The second-order valence-corrected chi connectivity index (χ2v) is 8.28. The third-order valence-electron chi connectivity index (χ3n) is 6.27. The number of rotatable bonds is 5. The Balaban J connectivity index is 1.42. The molecule has 0 amide bonds. The van der Waals surface area contributed by atoms with Crippen LogP contribution in [0.2, 0.25) is 0 Å². The number of benzene rings is 1. The molecular formula is C24H28F3NO. The maximum atomic E-state index is 12.3. The zero-order valence-corrected chi connectivity index (χ0v) is 16.6. The van der Waals surface area contributed by atoms with Crippen LogP contribution in [0.25, 0.3) is 0 Å². The lowest BCUT2D eigenvalue weighted by Gasteiger charge is -2.28. The molecule has 29 heavy (non-hydrogen) atoms. The van der Waals surface area contributed by atoms with Crippen molar-refractivity contribution >= 4 is 0 Å². The van der Waals surface area contributed by atoms with Crippen LogP contribution in [0, 0.1) is 29.1 Å². The van der Waals surface area contributed by atoms with Crippen LogP contribution in [0.3, 0.4) is 0 Å². The lowest BCUT2D eigenvalue weighted by molar-refractivity contribution is -0.274. The van der Waals surface area contributed by atoms with Gasteiger partial charge >= 0.3 is 6.36 Å². The van der Waals surface area contributed by atoms with Crippen molar-refractivity contribution < 1.29 is 17.9 Å². The summed E-state index contributed by atoms with van der Waals surface area (Å²) in [5.41, 5.74) is 1.10. The van der Waals surface area contributed by atoms with E-state index in [1.807, 2.05) is 6.08 Å². The van der Waals surface area contributed by atoms with Crippen molar-refractivity contribution in [2.75, 3.05) is 0 Å². The van der Waals surface area contributed by atoms with Crippen molar-refractivity contribution in [1.29, 1.82) is 5.26 Å². The van der Waals surface area contributed by atoms with Crippen LogP contribution in [0.4, 0.5) is 13.2 Å². The molecule has 0 radical (unpaired) electrons. The molecule has 156 valence electrons. The van der Waals surface area contributed by atoms with E-state index in [1.54, 1.807) is 18.2 Å². The standard InChI is InChI=1S/C24H28F3NO/c25-24(26,27)29-23-15-13-22(14-16-23)21-11-9-20(10-12-21)8-7-19-5-3-18(4-6-19)2-1-17-28/h1-2,7-8,13-16,18-21H,3-6,9-12H2/b2-1?,8-7+/t18-,19-,20-,21-. The predicted octanol–water partition coefficient (Wildman–Crippen LogP) is 7.30. The van der Waals surface area contributed by atoms with Gasteiger partial charge < -0.3 is 4.74 Å². The fourth-order valence-corrected chi connectivity index (χ4v) is 4.61. The molecule has 0 saturated heterocycles. The molecule has 2 aliphatic carbocycles. The Morgan fingerprint density at radius 3 is 1.76 bits per heavy atom.